The molecule has 0 fully saturated rings. The predicted molar refractivity (Wildman–Crippen MR) is 45.2 cm³/mol. The summed E-state index contributed by atoms with van der Waals surface area (Å²) in [6, 6.07) is 4.14. The van der Waals surface area contributed by atoms with Crippen LogP contribution in [0, 0.1) is 0 Å². The van der Waals surface area contributed by atoms with Crippen molar-refractivity contribution in [2.24, 2.45) is 0 Å². The van der Waals surface area contributed by atoms with E-state index in [9.17, 15) is 0 Å². The summed E-state index contributed by atoms with van der Waals surface area (Å²) in [5.74, 6) is 0.866. The van der Waals surface area contributed by atoms with Crippen LogP contribution in [0.5, 0.6) is 0 Å². The monoisotopic (exact) mass is 147 g/mol. The second kappa shape index (κ2) is 2.53. The van der Waals surface area contributed by atoms with Gasteiger partial charge in [0.2, 0.25) is 0 Å². The number of pyridine rings is 1. The molecule has 0 unspecified atom stereocenters. The van der Waals surface area contributed by atoms with E-state index >= 15 is 0 Å². The van der Waals surface area contributed by atoms with Crippen LogP contribution in [0.4, 0.5) is 5.82 Å². The smallest absolute Gasteiger partial charge is 0.0277 e. The number of hydrogen-bond donors (Lipinski definition) is 0. The molecule has 2 heteroatoms. The summed E-state index contributed by atoms with van der Waals surface area (Å²) in [7, 11) is 1.78. The molecule has 2 rings (SSSR count). The molecule has 2 nitrogen and oxygen atoms in total. The van der Waals surface area contributed by atoms with E-state index in [4.69, 9.17) is 0 Å². The molecule has 0 saturated heterocycles. The first-order valence-electron chi connectivity index (χ1n) is 3.99. The van der Waals surface area contributed by atoms with Gasteiger partial charge in [-0.15, -0.1) is 0 Å². The summed E-state index contributed by atoms with van der Waals surface area (Å²) in [6.07, 6.45) is 3.60. The maximum absolute atomic E-state index is 4.41. The van der Waals surface area contributed by atoms with E-state index in [-0.39, 0.29) is 0 Å². The normalized spacial score (nSPS) is 14.6. The highest BCUT2D eigenvalue weighted by molar-refractivity contribution is 5.43. The van der Waals surface area contributed by atoms with Gasteiger partial charge in [0.05, 0.1) is 0 Å². The third-order valence-corrected chi connectivity index (χ3v) is 2.14. The van der Waals surface area contributed by atoms with Gasteiger partial charge in [-0.3, -0.25) is 0 Å². The van der Waals surface area contributed by atoms with Crippen molar-refractivity contribution in [1.82, 2.24) is 4.98 Å². The summed E-state index contributed by atoms with van der Waals surface area (Å²) in [6.45, 7) is 0. The maximum atomic E-state index is 4.41. The molecule has 0 N–H and O–H groups in total. The average molecular weight is 147 g/mol. The molecule has 0 radical (unpaired) electrons. The van der Waals surface area contributed by atoms with Crippen molar-refractivity contribution in [2.75, 3.05) is 7.05 Å². The summed E-state index contributed by atoms with van der Waals surface area (Å²) in [5, 5.41) is 4.04. The average Bonchev–Trinajstić information content (AvgIpc) is 2.50. The van der Waals surface area contributed by atoms with Crippen molar-refractivity contribution in [3.63, 3.8) is 0 Å². The molecule has 1 aromatic rings. The number of rotatable bonds is 1. The van der Waals surface area contributed by atoms with Crippen LogP contribution in [0.1, 0.15) is 17.7 Å². The van der Waals surface area contributed by atoms with Gasteiger partial charge in [0.15, 0.2) is 0 Å². The highest BCUT2D eigenvalue weighted by atomic mass is 15.0. The van der Waals surface area contributed by atoms with Crippen molar-refractivity contribution >= 4 is 5.82 Å². The Balaban J connectivity index is 2.41. The highest BCUT2D eigenvalue weighted by Crippen LogP contribution is 2.23. The Morgan fingerprint density at radius 1 is 1.36 bits per heavy atom. The lowest BCUT2D eigenvalue weighted by molar-refractivity contribution is 0.900. The van der Waals surface area contributed by atoms with Crippen molar-refractivity contribution in [3.8, 4) is 0 Å². The third kappa shape index (κ3) is 1.09. The van der Waals surface area contributed by atoms with E-state index in [1.165, 1.54) is 24.1 Å². The van der Waals surface area contributed by atoms with Gasteiger partial charge in [-0.05, 0) is 24.8 Å². The van der Waals surface area contributed by atoms with Crippen LogP contribution in [0.3, 0.4) is 0 Å². The summed E-state index contributed by atoms with van der Waals surface area (Å²) < 4.78 is 0. The minimum Gasteiger partial charge on any atom is -0.469 e. The zero-order valence-electron chi connectivity index (χ0n) is 6.67. The molecule has 0 aromatic carbocycles. The van der Waals surface area contributed by atoms with Gasteiger partial charge >= 0.3 is 0 Å². The second-order valence-electron chi connectivity index (χ2n) is 2.85. The van der Waals surface area contributed by atoms with Gasteiger partial charge in [0.25, 0.3) is 0 Å². The van der Waals surface area contributed by atoms with Gasteiger partial charge in [-0.2, -0.15) is 0 Å². The molecule has 1 heterocycles. The molecule has 0 saturated carbocycles. The predicted octanol–water partition coefficient (Wildman–Crippen LogP) is 2.21. The number of nitrogens with zero attached hydrogens (tertiary/aromatic N) is 2. The second-order valence-corrected chi connectivity index (χ2v) is 2.85. The zero-order chi connectivity index (χ0) is 7.68. The summed E-state index contributed by atoms with van der Waals surface area (Å²) >= 11 is 0. The molecule has 58 valence electrons. The molecule has 1 aromatic heterocycles. The highest BCUT2D eigenvalue weighted by Gasteiger charge is 2.06. The van der Waals surface area contributed by atoms with E-state index in [0.717, 1.165) is 12.2 Å². The molecular formula is C9H11N2-. The first-order valence-corrected chi connectivity index (χ1v) is 3.99. The SMILES string of the molecule is C[N-]c1ccc2c(n1)CCC2. The molecule has 0 amide bonds. The Kier molecular flexibility index (Phi) is 1.53. The number of hydrogen-bond acceptors (Lipinski definition) is 1. The Morgan fingerprint density at radius 3 is 3.09 bits per heavy atom. The number of aryl methyl sites for hydroxylation is 2. The van der Waals surface area contributed by atoms with Gasteiger partial charge in [-0.1, -0.05) is 30.7 Å². The maximum Gasteiger partial charge on any atom is -0.0277 e. The Morgan fingerprint density at radius 2 is 2.27 bits per heavy atom. The van der Waals surface area contributed by atoms with Crippen molar-refractivity contribution in [3.05, 3.63) is 28.7 Å². The molecule has 0 aliphatic heterocycles. The lowest BCUT2D eigenvalue weighted by Crippen LogP contribution is -1.86. The van der Waals surface area contributed by atoms with E-state index < -0.39 is 0 Å². The van der Waals surface area contributed by atoms with Gasteiger partial charge in [0.1, 0.15) is 0 Å². The third-order valence-electron chi connectivity index (χ3n) is 2.14. The van der Waals surface area contributed by atoms with Crippen LogP contribution in [0.2, 0.25) is 0 Å². The number of aromatic nitrogens is 1. The summed E-state index contributed by atoms with van der Waals surface area (Å²) in [4.78, 5) is 4.41. The largest absolute Gasteiger partial charge is 0.469 e. The lowest BCUT2D eigenvalue weighted by Gasteiger charge is -2.12. The first kappa shape index (κ1) is 6.65. The molecule has 1 aliphatic carbocycles. The fourth-order valence-corrected chi connectivity index (χ4v) is 1.53. The number of fused-ring (bicyclic) bond motifs is 1. The van der Waals surface area contributed by atoms with Crippen LogP contribution in [-0.4, -0.2) is 12.0 Å². The lowest BCUT2D eigenvalue weighted by atomic mass is 10.2. The van der Waals surface area contributed by atoms with Crippen molar-refractivity contribution < 1.29 is 0 Å². The quantitative estimate of drug-likeness (QED) is 0.598. The van der Waals surface area contributed by atoms with Gasteiger partial charge in [0, 0.05) is 0 Å². The van der Waals surface area contributed by atoms with E-state index in [0.29, 0.717) is 0 Å². The van der Waals surface area contributed by atoms with Crippen LogP contribution in [0.25, 0.3) is 5.32 Å². The van der Waals surface area contributed by atoms with E-state index in [2.05, 4.69) is 16.4 Å². The molecule has 0 atom stereocenters. The van der Waals surface area contributed by atoms with Gasteiger partial charge in [-0.25, -0.2) is 0 Å². The minimum atomic E-state index is 0.866. The van der Waals surface area contributed by atoms with Crippen LogP contribution in [-0.2, 0) is 12.8 Å². The fourth-order valence-electron chi connectivity index (χ4n) is 1.53. The van der Waals surface area contributed by atoms with Crippen molar-refractivity contribution in [1.29, 1.82) is 0 Å². The molecule has 1 aliphatic rings. The van der Waals surface area contributed by atoms with Gasteiger partial charge < -0.3 is 10.3 Å². The minimum absolute atomic E-state index is 0.866. The van der Waals surface area contributed by atoms with Crippen LogP contribution in [0.15, 0.2) is 12.1 Å². The summed E-state index contributed by atoms with van der Waals surface area (Å²) in [5.41, 5.74) is 2.67. The molecule has 0 bridgehead atoms. The van der Waals surface area contributed by atoms with E-state index in [1.807, 2.05) is 6.07 Å². The topological polar surface area (TPSA) is 27.0 Å². The Labute approximate surface area is 66.7 Å². The molecular weight excluding hydrogens is 136 g/mol. The fraction of sp³-hybridized carbons (Fsp3) is 0.444. The van der Waals surface area contributed by atoms with Crippen LogP contribution >= 0.6 is 0 Å². The Bertz CT molecular complexity index is 268. The van der Waals surface area contributed by atoms with E-state index in [1.54, 1.807) is 7.05 Å². The Hall–Kier alpha value is -1.05. The molecule has 11 heavy (non-hydrogen) atoms. The standard InChI is InChI=1S/C9H11N2/c1-10-9-6-5-7-3-2-4-8(7)11-9/h5-6H,2-4H2,1H3/q-1. The zero-order valence-corrected chi connectivity index (χ0v) is 6.67. The van der Waals surface area contributed by atoms with Crippen LogP contribution < -0.4 is 0 Å². The molecule has 0 spiro atoms. The first-order chi connectivity index (χ1) is 5.40. The van der Waals surface area contributed by atoms with Crippen molar-refractivity contribution in [2.45, 2.75) is 19.3 Å².